The van der Waals surface area contributed by atoms with E-state index in [1.54, 1.807) is 0 Å². The van der Waals surface area contributed by atoms with Gasteiger partial charge in [0, 0.05) is 19.3 Å². The standard InChI is InChI=1S/C18H26N4O/c1-14(2)10-15-11-20-22(12-15)17(3)6-8-21(9-7-17)16(23)18(13-19)4-5-18/h11-12,14H,4-10H2,1-3H3. The van der Waals surface area contributed by atoms with Gasteiger partial charge in [-0.25, -0.2) is 0 Å². The summed E-state index contributed by atoms with van der Waals surface area (Å²) in [7, 11) is 0. The van der Waals surface area contributed by atoms with Crippen LogP contribution < -0.4 is 0 Å². The predicted octanol–water partition coefficient (Wildman–Crippen LogP) is 2.72. The lowest BCUT2D eigenvalue weighted by molar-refractivity contribution is -0.137. The number of nitriles is 1. The van der Waals surface area contributed by atoms with Crippen LogP contribution in [0.1, 0.15) is 52.0 Å². The summed E-state index contributed by atoms with van der Waals surface area (Å²) in [6.07, 6.45) is 8.42. The summed E-state index contributed by atoms with van der Waals surface area (Å²) in [4.78, 5) is 14.4. The van der Waals surface area contributed by atoms with Crippen LogP contribution in [0.2, 0.25) is 0 Å². The fraction of sp³-hybridized carbons (Fsp3) is 0.722. The Kier molecular flexibility index (Phi) is 3.95. The highest BCUT2D eigenvalue weighted by atomic mass is 16.2. The van der Waals surface area contributed by atoms with Gasteiger partial charge in [-0.3, -0.25) is 9.48 Å². The lowest BCUT2D eigenvalue weighted by Gasteiger charge is -2.40. The molecule has 1 aromatic heterocycles. The van der Waals surface area contributed by atoms with Crippen LogP contribution in [0.3, 0.4) is 0 Å². The van der Waals surface area contributed by atoms with E-state index in [-0.39, 0.29) is 11.4 Å². The minimum absolute atomic E-state index is 0.0324. The summed E-state index contributed by atoms with van der Waals surface area (Å²) < 4.78 is 2.09. The lowest BCUT2D eigenvalue weighted by atomic mass is 9.89. The Morgan fingerprint density at radius 2 is 2.00 bits per heavy atom. The molecule has 2 fully saturated rings. The first-order valence-electron chi connectivity index (χ1n) is 8.63. The normalized spacial score (nSPS) is 22.0. The Bertz CT molecular complexity index is 628. The smallest absolute Gasteiger partial charge is 0.243 e. The summed E-state index contributed by atoms with van der Waals surface area (Å²) in [5, 5.41) is 13.8. The van der Waals surface area contributed by atoms with Crippen LogP contribution in [0.5, 0.6) is 0 Å². The molecular formula is C18H26N4O. The van der Waals surface area contributed by atoms with Gasteiger partial charge in [-0.15, -0.1) is 0 Å². The van der Waals surface area contributed by atoms with Crippen molar-refractivity contribution in [3.63, 3.8) is 0 Å². The molecule has 1 aliphatic heterocycles. The maximum absolute atomic E-state index is 12.5. The molecule has 124 valence electrons. The molecule has 0 radical (unpaired) electrons. The third-order valence-electron chi connectivity index (χ3n) is 5.33. The first-order valence-corrected chi connectivity index (χ1v) is 8.63. The highest BCUT2D eigenvalue weighted by Gasteiger charge is 2.53. The van der Waals surface area contributed by atoms with Crippen molar-refractivity contribution in [2.24, 2.45) is 11.3 Å². The highest BCUT2D eigenvalue weighted by molar-refractivity contribution is 5.88. The van der Waals surface area contributed by atoms with Gasteiger partial charge in [-0.2, -0.15) is 10.4 Å². The molecule has 5 nitrogen and oxygen atoms in total. The third-order valence-corrected chi connectivity index (χ3v) is 5.33. The quantitative estimate of drug-likeness (QED) is 0.858. The number of aromatic nitrogens is 2. The van der Waals surface area contributed by atoms with Crippen molar-refractivity contribution in [3.05, 3.63) is 18.0 Å². The van der Waals surface area contributed by atoms with Gasteiger partial charge < -0.3 is 4.90 Å². The highest BCUT2D eigenvalue weighted by Crippen LogP contribution is 2.47. The van der Waals surface area contributed by atoms with Gasteiger partial charge in [-0.1, -0.05) is 13.8 Å². The molecule has 0 unspecified atom stereocenters. The molecule has 0 aromatic carbocycles. The summed E-state index contributed by atoms with van der Waals surface area (Å²) in [6.45, 7) is 8.09. The number of nitrogens with zero attached hydrogens (tertiary/aromatic N) is 4. The minimum Gasteiger partial charge on any atom is -0.341 e. The minimum atomic E-state index is -0.691. The van der Waals surface area contributed by atoms with E-state index in [1.165, 1.54) is 5.56 Å². The molecule has 2 heterocycles. The molecule has 0 N–H and O–H groups in total. The largest absolute Gasteiger partial charge is 0.341 e. The summed E-state index contributed by atoms with van der Waals surface area (Å²) in [5.41, 5.74) is 0.556. The molecule has 0 bridgehead atoms. The van der Waals surface area contributed by atoms with Crippen LogP contribution in [0.15, 0.2) is 12.4 Å². The van der Waals surface area contributed by atoms with E-state index >= 15 is 0 Å². The van der Waals surface area contributed by atoms with Crippen molar-refractivity contribution in [1.29, 1.82) is 5.26 Å². The van der Waals surface area contributed by atoms with Crippen LogP contribution in [0, 0.1) is 22.7 Å². The number of piperidine rings is 1. The van der Waals surface area contributed by atoms with E-state index in [0.717, 1.165) is 45.2 Å². The molecule has 0 spiro atoms. The van der Waals surface area contributed by atoms with E-state index in [9.17, 15) is 10.1 Å². The average molecular weight is 314 g/mol. The van der Waals surface area contributed by atoms with Crippen molar-refractivity contribution < 1.29 is 4.79 Å². The zero-order valence-corrected chi connectivity index (χ0v) is 14.4. The van der Waals surface area contributed by atoms with Gasteiger partial charge in [0.25, 0.3) is 0 Å². The lowest BCUT2D eigenvalue weighted by Crippen LogP contribution is -2.48. The van der Waals surface area contributed by atoms with Gasteiger partial charge in [0.15, 0.2) is 0 Å². The molecule has 2 aliphatic rings. The van der Waals surface area contributed by atoms with Crippen LogP contribution >= 0.6 is 0 Å². The second-order valence-electron chi connectivity index (χ2n) is 7.87. The fourth-order valence-corrected chi connectivity index (χ4v) is 3.45. The molecule has 1 amide bonds. The molecule has 5 heteroatoms. The van der Waals surface area contributed by atoms with Crippen molar-refractivity contribution in [2.45, 2.75) is 58.4 Å². The van der Waals surface area contributed by atoms with Crippen LogP contribution in [-0.2, 0) is 16.8 Å². The zero-order chi connectivity index (χ0) is 16.7. The molecule has 1 saturated carbocycles. The van der Waals surface area contributed by atoms with Crippen molar-refractivity contribution in [3.8, 4) is 6.07 Å². The Morgan fingerprint density at radius 3 is 2.52 bits per heavy atom. The molecule has 1 saturated heterocycles. The topological polar surface area (TPSA) is 61.9 Å². The van der Waals surface area contributed by atoms with E-state index < -0.39 is 5.41 Å². The van der Waals surface area contributed by atoms with E-state index in [2.05, 4.69) is 42.8 Å². The van der Waals surface area contributed by atoms with Crippen molar-refractivity contribution in [2.75, 3.05) is 13.1 Å². The number of rotatable bonds is 4. The molecule has 1 aromatic rings. The predicted molar refractivity (Wildman–Crippen MR) is 87.5 cm³/mol. The Labute approximate surface area is 138 Å². The van der Waals surface area contributed by atoms with E-state index in [1.807, 2.05) is 11.1 Å². The Balaban J connectivity index is 1.64. The maximum atomic E-state index is 12.5. The molecule has 1 aliphatic carbocycles. The first kappa shape index (κ1) is 16.0. The van der Waals surface area contributed by atoms with Gasteiger partial charge in [-0.05, 0) is 50.5 Å². The fourth-order valence-electron chi connectivity index (χ4n) is 3.45. The van der Waals surface area contributed by atoms with E-state index in [4.69, 9.17) is 0 Å². The third kappa shape index (κ3) is 2.99. The maximum Gasteiger partial charge on any atom is 0.243 e. The molecule has 0 atom stereocenters. The van der Waals surface area contributed by atoms with Gasteiger partial charge in [0.2, 0.25) is 5.91 Å². The Morgan fingerprint density at radius 1 is 1.35 bits per heavy atom. The summed E-state index contributed by atoms with van der Waals surface area (Å²) in [5.74, 6) is 0.670. The first-order chi connectivity index (χ1) is 10.9. The monoisotopic (exact) mass is 314 g/mol. The van der Waals surface area contributed by atoms with Gasteiger partial charge >= 0.3 is 0 Å². The van der Waals surface area contributed by atoms with Crippen molar-refractivity contribution >= 4 is 5.91 Å². The molecular weight excluding hydrogens is 288 g/mol. The number of hydrogen-bond donors (Lipinski definition) is 0. The van der Waals surface area contributed by atoms with E-state index in [0.29, 0.717) is 5.92 Å². The van der Waals surface area contributed by atoms with Crippen molar-refractivity contribution in [1.82, 2.24) is 14.7 Å². The number of carbonyl (C=O) groups excluding carboxylic acids is 1. The van der Waals surface area contributed by atoms with Crippen LogP contribution in [0.25, 0.3) is 0 Å². The van der Waals surface area contributed by atoms with Crippen LogP contribution in [-0.4, -0.2) is 33.7 Å². The zero-order valence-electron chi connectivity index (χ0n) is 14.4. The number of carbonyl (C=O) groups is 1. The van der Waals surface area contributed by atoms with Gasteiger partial charge in [0.1, 0.15) is 5.41 Å². The molecule has 23 heavy (non-hydrogen) atoms. The number of hydrogen-bond acceptors (Lipinski definition) is 3. The van der Waals surface area contributed by atoms with Crippen LogP contribution in [0.4, 0.5) is 0 Å². The average Bonchev–Trinajstić information content (AvgIpc) is 3.19. The van der Waals surface area contributed by atoms with Gasteiger partial charge in [0.05, 0.1) is 17.8 Å². The second-order valence-corrected chi connectivity index (χ2v) is 7.87. The summed E-state index contributed by atoms with van der Waals surface area (Å²) in [6, 6.07) is 2.21. The number of amides is 1. The molecule has 3 rings (SSSR count). The summed E-state index contributed by atoms with van der Waals surface area (Å²) >= 11 is 0. The number of likely N-dealkylation sites (tertiary alicyclic amines) is 1. The second kappa shape index (κ2) is 5.67. The SMILES string of the molecule is CC(C)Cc1cnn(C2(C)CCN(C(=O)C3(C#N)CC3)CC2)c1. The Hall–Kier alpha value is -1.83.